The van der Waals surface area contributed by atoms with Gasteiger partial charge in [-0.05, 0) is 25.1 Å². The summed E-state index contributed by atoms with van der Waals surface area (Å²) in [7, 11) is 1.54. The first kappa shape index (κ1) is 15.5. The van der Waals surface area contributed by atoms with Gasteiger partial charge in [0.05, 0.1) is 12.6 Å². The minimum atomic E-state index is -4.48. The van der Waals surface area contributed by atoms with Crippen LogP contribution in [0.3, 0.4) is 0 Å². The summed E-state index contributed by atoms with van der Waals surface area (Å²) in [4.78, 5) is 8.05. The Balaban J connectivity index is 2.19. The standard InChI is InChI=1S/C15H12F3N3OS/c1-7-11(22-2)4-3-8-9(19)5-10(20-13(7)8)14-21-12(6-23-14)15(16,17)18/h3-6H,1-2H3,(H2,19,20). The van der Waals surface area contributed by atoms with Crippen LogP contribution in [-0.4, -0.2) is 17.1 Å². The van der Waals surface area contributed by atoms with Crippen molar-refractivity contribution < 1.29 is 17.9 Å². The van der Waals surface area contributed by atoms with Crippen molar-refractivity contribution in [1.29, 1.82) is 0 Å². The fraction of sp³-hybridized carbons (Fsp3) is 0.200. The summed E-state index contributed by atoms with van der Waals surface area (Å²) in [6.07, 6.45) is -4.48. The molecule has 0 bridgehead atoms. The molecular weight excluding hydrogens is 327 g/mol. The number of halogens is 3. The molecule has 2 N–H and O–H groups in total. The highest BCUT2D eigenvalue weighted by Gasteiger charge is 2.34. The van der Waals surface area contributed by atoms with E-state index in [2.05, 4.69) is 9.97 Å². The van der Waals surface area contributed by atoms with Gasteiger partial charge in [-0.1, -0.05) is 0 Å². The monoisotopic (exact) mass is 339 g/mol. The van der Waals surface area contributed by atoms with Crippen LogP contribution in [0.1, 0.15) is 11.3 Å². The lowest BCUT2D eigenvalue weighted by Crippen LogP contribution is -2.05. The van der Waals surface area contributed by atoms with Crippen molar-refractivity contribution in [3.63, 3.8) is 0 Å². The molecule has 2 heterocycles. The van der Waals surface area contributed by atoms with Crippen LogP contribution in [0, 0.1) is 6.92 Å². The number of nitrogens with two attached hydrogens (primary N) is 1. The number of benzene rings is 1. The zero-order valence-corrected chi connectivity index (χ0v) is 13.0. The van der Waals surface area contributed by atoms with Crippen LogP contribution in [0.15, 0.2) is 23.6 Å². The molecule has 0 aliphatic rings. The minimum absolute atomic E-state index is 0.174. The number of anilines is 1. The predicted molar refractivity (Wildman–Crippen MR) is 83.6 cm³/mol. The van der Waals surface area contributed by atoms with Gasteiger partial charge in [0, 0.05) is 22.0 Å². The van der Waals surface area contributed by atoms with Crippen molar-refractivity contribution in [1.82, 2.24) is 9.97 Å². The van der Waals surface area contributed by atoms with Gasteiger partial charge in [-0.25, -0.2) is 9.97 Å². The first-order valence-electron chi connectivity index (χ1n) is 6.58. The Morgan fingerprint density at radius 2 is 1.96 bits per heavy atom. The molecule has 0 fully saturated rings. The Bertz CT molecular complexity index is 890. The second-order valence-electron chi connectivity index (χ2n) is 4.92. The van der Waals surface area contributed by atoms with Crippen LogP contribution in [0.25, 0.3) is 21.6 Å². The lowest BCUT2D eigenvalue weighted by molar-refractivity contribution is -0.140. The fourth-order valence-electron chi connectivity index (χ4n) is 2.29. The molecule has 0 saturated carbocycles. The van der Waals surface area contributed by atoms with E-state index in [-0.39, 0.29) is 5.01 Å². The molecule has 0 aliphatic heterocycles. The Morgan fingerprint density at radius 3 is 2.57 bits per heavy atom. The van der Waals surface area contributed by atoms with Crippen molar-refractivity contribution >= 4 is 27.9 Å². The highest BCUT2D eigenvalue weighted by atomic mass is 32.1. The van der Waals surface area contributed by atoms with Crippen LogP contribution in [0.4, 0.5) is 18.9 Å². The van der Waals surface area contributed by atoms with E-state index in [1.165, 1.54) is 13.2 Å². The van der Waals surface area contributed by atoms with Gasteiger partial charge in [-0.15, -0.1) is 11.3 Å². The lowest BCUT2D eigenvalue weighted by Gasteiger charge is -2.10. The molecule has 1 aromatic carbocycles. The molecular formula is C15H12F3N3OS. The number of nitrogen functional groups attached to an aromatic ring is 1. The molecule has 0 unspecified atom stereocenters. The normalized spacial score (nSPS) is 11.9. The molecule has 0 amide bonds. The zero-order valence-electron chi connectivity index (χ0n) is 12.2. The number of fused-ring (bicyclic) bond motifs is 1. The largest absolute Gasteiger partial charge is 0.496 e. The van der Waals surface area contributed by atoms with Crippen molar-refractivity contribution in [2.45, 2.75) is 13.1 Å². The van der Waals surface area contributed by atoms with E-state index >= 15 is 0 Å². The van der Waals surface area contributed by atoms with Gasteiger partial charge in [-0.3, -0.25) is 0 Å². The number of methoxy groups -OCH3 is 1. The van der Waals surface area contributed by atoms with Crippen molar-refractivity contribution in [2.24, 2.45) is 0 Å². The van der Waals surface area contributed by atoms with Crippen molar-refractivity contribution in [3.05, 3.63) is 34.8 Å². The molecule has 120 valence electrons. The van der Waals surface area contributed by atoms with Crippen molar-refractivity contribution in [2.75, 3.05) is 12.8 Å². The molecule has 0 spiro atoms. The number of hydrogen-bond donors (Lipinski definition) is 1. The van der Waals surface area contributed by atoms with Gasteiger partial charge >= 0.3 is 6.18 Å². The number of alkyl halides is 3. The number of ether oxygens (including phenoxy) is 1. The highest BCUT2D eigenvalue weighted by molar-refractivity contribution is 7.13. The van der Waals surface area contributed by atoms with E-state index < -0.39 is 11.9 Å². The van der Waals surface area contributed by atoms with E-state index in [1.807, 2.05) is 6.92 Å². The lowest BCUT2D eigenvalue weighted by atomic mass is 10.1. The van der Waals surface area contributed by atoms with E-state index in [1.54, 1.807) is 12.1 Å². The maximum atomic E-state index is 12.7. The first-order chi connectivity index (χ1) is 10.8. The Labute approximate surface area is 133 Å². The van der Waals surface area contributed by atoms with Crippen LogP contribution >= 0.6 is 11.3 Å². The third-order valence-corrected chi connectivity index (χ3v) is 4.32. The van der Waals surface area contributed by atoms with Gasteiger partial charge in [0.2, 0.25) is 0 Å². The molecule has 3 aromatic rings. The molecule has 0 radical (unpaired) electrons. The number of hydrogen-bond acceptors (Lipinski definition) is 5. The van der Waals surface area contributed by atoms with E-state index in [4.69, 9.17) is 10.5 Å². The minimum Gasteiger partial charge on any atom is -0.496 e. The summed E-state index contributed by atoms with van der Waals surface area (Å²) in [6.45, 7) is 1.82. The van der Waals surface area contributed by atoms with E-state index in [9.17, 15) is 13.2 Å². The Hall–Kier alpha value is -2.35. The van der Waals surface area contributed by atoms with Crippen molar-refractivity contribution in [3.8, 4) is 16.5 Å². The number of pyridine rings is 1. The van der Waals surface area contributed by atoms with Gasteiger partial charge < -0.3 is 10.5 Å². The number of aromatic nitrogens is 2. The second kappa shape index (κ2) is 5.38. The van der Waals surface area contributed by atoms with Gasteiger partial charge in [0.1, 0.15) is 16.5 Å². The summed E-state index contributed by atoms with van der Waals surface area (Å²) in [5, 5.41) is 1.86. The SMILES string of the molecule is COc1ccc2c(N)cc(-c3nc(C(F)(F)F)cs3)nc2c1C. The molecule has 0 atom stereocenters. The second-order valence-corrected chi connectivity index (χ2v) is 5.78. The van der Waals surface area contributed by atoms with Gasteiger partial charge in [-0.2, -0.15) is 13.2 Å². The number of thiazole rings is 1. The third kappa shape index (κ3) is 2.70. The summed E-state index contributed by atoms with van der Waals surface area (Å²) in [5.41, 5.74) is 7.19. The number of nitrogens with zero attached hydrogens (tertiary/aromatic N) is 2. The summed E-state index contributed by atoms with van der Waals surface area (Å²) >= 11 is 0.882. The molecule has 0 aliphatic carbocycles. The van der Waals surface area contributed by atoms with Gasteiger partial charge in [0.15, 0.2) is 5.69 Å². The first-order valence-corrected chi connectivity index (χ1v) is 7.46. The molecule has 2 aromatic heterocycles. The molecule has 8 heteroatoms. The Morgan fingerprint density at radius 1 is 1.22 bits per heavy atom. The number of rotatable bonds is 2. The average molecular weight is 339 g/mol. The molecule has 23 heavy (non-hydrogen) atoms. The average Bonchev–Trinajstić information content (AvgIpc) is 2.98. The number of aryl methyl sites for hydroxylation is 1. The topological polar surface area (TPSA) is 61.0 Å². The zero-order chi connectivity index (χ0) is 16.8. The molecule has 3 rings (SSSR count). The van der Waals surface area contributed by atoms with E-state index in [0.29, 0.717) is 22.6 Å². The predicted octanol–water partition coefficient (Wildman–Crippen LogP) is 4.28. The molecule has 4 nitrogen and oxygen atoms in total. The van der Waals surface area contributed by atoms with Crippen LogP contribution in [-0.2, 0) is 6.18 Å². The molecule has 0 saturated heterocycles. The highest BCUT2D eigenvalue weighted by Crippen LogP contribution is 2.36. The van der Waals surface area contributed by atoms with E-state index in [0.717, 1.165) is 27.7 Å². The smallest absolute Gasteiger partial charge is 0.434 e. The Kier molecular flexibility index (Phi) is 3.63. The maximum Gasteiger partial charge on any atom is 0.434 e. The van der Waals surface area contributed by atoms with Gasteiger partial charge in [0.25, 0.3) is 0 Å². The summed E-state index contributed by atoms with van der Waals surface area (Å²) in [6, 6.07) is 5.09. The van der Waals surface area contributed by atoms with Crippen LogP contribution < -0.4 is 10.5 Å². The maximum absolute atomic E-state index is 12.7. The summed E-state index contributed by atoms with van der Waals surface area (Å²) in [5.74, 6) is 0.636. The fourth-order valence-corrected chi connectivity index (χ4v) is 3.07. The third-order valence-electron chi connectivity index (χ3n) is 3.45. The van der Waals surface area contributed by atoms with Crippen LogP contribution in [0.2, 0.25) is 0 Å². The van der Waals surface area contributed by atoms with Crippen LogP contribution in [0.5, 0.6) is 5.75 Å². The summed E-state index contributed by atoms with van der Waals surface area (Å²) < 4.78 is 43.3. The quantitative estimate of drug-likeness (QED) is 0.757.